The Bertz CT molecular complexity index is 472. The van der Waals surface area contributed by atoms with Gasteiger partial charge in [-0.1, -0.05) is 36.8 Å². The Morgan fingerprint density at radius 1 is 1.33 bits per heavy atom. The molecule has 0 saturated carbocycles. The Labute approximate surface area is 110 Å². The normalized spacial score (nSPS) is 13.5. The lowest BCUT2D eigenvalue weighted by Crippen LogP contribution is -2.39. The number of hydrogen-bond donors (Lipinski definition) is 2. The molecule has 4 nitrogen and oxygen atoms in total. The van der Waals surface area contributed by atoms with Crippen molar-refractivity contribution in [2.24, 2.45) is 0 Å². The number of likely N-dealkylation sites (N-methyl/N-ethyl adjacent to an activating group) is 1. The number of benzene rings is 1. The number of aryl methyl sites for hydroxylation is 1. The van der Waals surface area contributed by atoms with Crippen molar-refractivity contribution < 1.29 is 8.42 Å². The third-order valence-corrected chi connectivity index (χ3v) is 3.92. The molecule has 2 N–H and O–H groups in total. The van der Waals surface area contributed by atoms with E-state index >= 15 is 0 Å². The Kier molecular flexibility index (Phi) is 5.78. The number of rotatable bonds is 7. The van der Waals surface area contributed by atoms with E-state index in [0.29, 0.717) is 6.54 Å². The van der Waals surface area contributed by atoms with Crippen molar-refractivity contribution >= 4 is 10.0 Å². The molecule has 0 unspecified atom stereocenters. The minimum Gasteiger partial charge on any atom is -0.313 e. The van der Waals surface area contributed by atoms with E-state index in [1.165, 1.54) is 0 Å². The van der Waals surface area contributed by atoms with Gasteiger partial charge in [0, 0.05) is 12.6 Å². The molecule has 0 spiro atoms. The summed E-state index contributed by atoms with van der Waals surface area (Å²) < 4.78 is 26.4. The maximum atomic E-state index is 11.9. The minimum atomic E-state index is -3.25. The van der Waals surface area contributed by atoms with E-state index in [0.717, 1.165) is 17.7 Å². The molecule has 0 bridgehead atoms. The van der Waals surface area contributed by atoms with Crippen molar-refractivity contribution in [3.05, 3.63) is 35.4 Å². The third kappa shape index (κ3) is 5.62. The number of hydrogen-bond acceptors (Lipinski definition) is 3. The van der Waals surface area contributed by atoms with Crippen LogP contribution in [0.3, 0.4) is 0 Å². The number of nitrogens with one attached hydrogen (secondary N) is 2. The van der Waals surface area contributed by atoms with E-state index in [-0.39, 0.29) is 11.8 Å². The molecule has 0 amide bonds. The quantitative estimate of drug-likeness (QED) is 0.787. The zero-order valence-corrected chi connectivity index (χ0v) is 12.0. The molecule has 0 aliphatic carbocycles. The molecule has 1 aromatic carbocycles. The van der Waals surface area contributed by atoms with Crippen LogP contribution >= 0.6 is 0 Å². The zero-order valence-electron chi connectivity index (χ0n) is 11.2. The molecular weight excluding hydrogens is 248 g/mol. The Morgan fingerprint density at radius 3 is 2.67 bits per heavy atom. The van der Waals surface area contributed by atoms with E-state index in [2.05, 4.69) is 10.0 Å². The second kappa shape index (κ2) is 6.87. The molecule has 1 rings (SSSR count). The molecule has 5 heteroatoms. The van der Waals surface area contributed by atoms with Crippen molar-refractivity contribution in [3.63, 3.8) is 0 Å². The van der Waals surface area contributed by atoms with E-state index in [1.807, 2.05) is 45.0 Å². The summed E-state index contributed by atoms with van der Waals surface area (Å²) in [5, 5.41) is 3.16. The molecule has 102 valence electrons. The smallest absolute Gasteiger partial charge is 0.215 e. The first-order chi connectivity index (χ1) is 8.43. The monoisotopic (exact) mass is 270 g/mol. The fraction of sp³-hybridized carbons (Fsp3) is 0.538. The summed E-state index contributed by atoms with van der Waals surface area (Å²) in [5.74, 6) is 0.0352. The van der Waals surface area contributed by atoms with Gasteiger partial charge in [0.2, 0.25) is 10.0 Å². The summed E-state index contributed by atoms with van der Waals surface area (Å²) in [7, 11) is -3.25. The van der Waals surface area contributed by atoms with Crippen molar-refractivity contribution in [1.82, 2.24) is 10.0 Å². The van der Waals surface area contributed by atoms with Crippen molar-refractivity contribution in [3.8, 4) is 0 Å². The Balaban J connectivity index is 2.54. The van der Waals surface area contributed by atoms with Crippen LogP contribution in [-0.2, 0) is 15.8 Å². The van der Waals surface area contributed by atoms with E-state index in [9.17, 15) is 8.42 Å². The average molecular weight is 270 g/mol. The van der Waals surface area contributed by atoms with Gasteiger partial charge in [-0.3, -0.25) is 0 Å². The number of sulfonamides is 1. The van der Waals surface area contributed by atoms with E-state index in [1.54, 1.807) is 0 Å². The molecule has 0 heterocycles. The first-order valence-corrected chi connectivity index (χ1v) is 7.84. The van der Waals surface area contributed by atoms with Crippen LogP contribution in [0.4, 0.5) is 0 Å². The van der Waals surface area contributed by atoms with Crippen LogP contribution in [0.25, 0.3) is 0 Å². The lowest BCUT2D eigenvalue weighted by Gasteiger charge is -2.13. The van der Waals surface area contributed by atoms with Gasteiger partial charge < -0.3 is 5.32 Å². The van der Waals surface area contributed by atoms with Crippen LogP contribution in [0, 0.1) is 6.92 Å². The highest BCUT2D eigenvalue weighted by molar-refractivity contribution is 7.88. The summed E-state index contributed by atoms with van der Waals surface area (Å²) in [4.78, 5) is 0. The summed E-state index contributed by atoms with van der Waals surface area (Å²) in [6.45, 7) is 7.16. The fourth-order valence-corrected chi connectivity index (χ4v) is 2.97. The van der Waals surface area contributed by atoms with Gasteiger partial charge in [0.25, 0.3) is 0 Å². The molecule has 18 heavy (non-hydrogen) atoms. The largest absolute Gasteiger partial charge is 0.313 e. The first-order valence-electron chi connectivity index (χ1n) is 6.19. The van der Waals surface area contributed by atoms with Crippen molar-refractivity contribution in [1.29, 1.82) is 0 Å². The molecule has 1 aromatic rings. The van der Waals surface area contributed by atoms with Crippen LogP contribution in [-0.4, -0.2) is 27.5 Å². The van der Waals surface area contributed by atoms with Crippen molar-refractivity contribution in [2.45, 2.75) is 32.6 Å². The van der Waals surface area contributed by atoms with Crippen molar-refractivity contribution in [2.75, 3.05) is 13.1 Å². The predicted octanol–water partition coefficient (Wildman–Crippen LogP) is 1.41. The van der Waals surface area contributed by atoms with Gasteiger partial charge in [-0.15, -0.1) is 0 Å². The maximum Gasteiger partial charge on any atom is 0.215 e. The second-order valence-corrected chi connectivity index (χ2v) is 6.36. The SMILES string of the molecule is CCN[C@H](C)CNS(=O)(=O)Cc1cccc(C)c1. The lowest BCUT2D eigenvalue weighted by molar-refractivity contribution is 0.535. The topological polar surface area (TPSA) is 58.2 Å². The van der Waals surface area contributed by atoms with Crippen LogP contribution in [0.15, 0.2) is 24.3 Å². The summed E-state index contributed by atoms with van der Waals surface area (Å²) in [6, 6.07) is 7.70. The molecule has 0 aliphatic heterocycles. The minimum absolute atomic E-state index is 0.0352. The summed E-state index contributed by atoms with van der Waals surface area (Å²) in [6.07, 6.45) is 0. The van der Waals surface area contributed by atoms with Gasteiger partial charge in [0.1, 0.15) is 0 Å². The Morgan fingerprint density at radius 2 is 2.06 bits per heavy atom. The highest BCUT2D eigenvalue weighted by Gasteiger charge is 2.12. The highest BCUT2D eigenvalue weighted by Crippen LogP contribution is 2.07. The van der Waals surface area contributed by atoms with Gasteiger partial charge >= 0.3 is 0 Å². The van der Waals surface area contributed by atoms with Gasteiger partial charge in [-0.05, 0) is 26.0 Å². The van der Waals surface area contributed by atoms with Gasteiger partial charge in [0.15, 0.2) is 0 Å². The fourth-order valence-electron chi connectivity index (χ4n) is 1.74. The van der Waals surface area contributed by atoms with E-state index < -0.39 is 10.0 Å². The van der Waals surface area contributed by atoms with E-state index in [4.69, 9.17) is 0 Å². The molecule has 0 fully saturated rings. The van der Waals surface area contributed by atoms with Crippen LogP contribution in [0.1, 0.15) is 25.0 Å². The summed E-state index contributed by atoms with van der Waals surface area (Å²) in [5.41, 5.74) is 1.89. The van der Waals surface area contributed by atoms with Gasteiger partial charge in [-0.25, -0.2) is 13.1 Å². The third-order valence-electron chi connectivity index (χ3n) is 2.60. The van der Waals surface area contributed by atoms with Gasteiger partial charge in [-0.2, -0.15) is 0 Å². The first kappa shape index (κ1) is 15.1. The van der Waals surface area contributed by atoms with Crippen LogP contribution < -0.4 is 10.0 Å². The standard InChI is InChI=1S/C13H22N2O2S/c1-4-14-12(3)9-15-18(16,17)10-13-7-5-6-11(2)8-13/h5-8,12,14-15H,4,9-10H2,1-3H3/t12-/m1/s1. The van der Waals surface area contributed by atoms with Crippen LogP contribution in [0.2, 0.25) is 0 Å². The molecule has 0 aliphatic rings. The average Bonchev–Trinajstić information content (AvgIpc) is 2.26. The molecule has 0 saturated heterocycles. The Hall–Kier alpha value is -0.910. The van der Waals surface area contributed by atoms with Gasteiger partial charge in [0.05, 0.1) is 5.75 Å². The predicted molar refractivity (Wildman–Crippen MR) is 74.9 cm³/mol. The summed E-state index contributed by atoms with van der Waals surface area (Å²) >= 11 is 0. The zero-order chi connectivity index (χ0) is 13.6. The van der Waals surface area contributed by atoms with Crippen LogP contribution in [0.5, 0.6) is 0 Å². The molecule has 1 atom stereocenters. The molecule has 0 aromatic heterocycles. The second-order valence-electron chi connectivity index (χ2n) is 4.56. The maximum absolute atomic E-state index is 11.9. The molecule has 0 radical (unpaired) electrons. The lowest BCUT2D eigenvalue weighted by atomic mass is 10.2. The highest BCUT2D eigenvalue weighted by atomic mass is 32.2. The molecular formula is C13H22N2O2S.